The first-order valence-electron chi connectivity index (χ1n) is 6.96. The number of hydrogen-bond donors (Lipinski definition) is 1. The van der Waals surface area contributed by atoms with Crippen LogP contribution < -0.4 is 10.1 Å². The van der Waals surface area contributed by atoms with E-state index in [0.29, 0.717) is 17.6 Å². The van der Waals surface area contributed by atoms with Gasteiger partial charge in [-0.25, -0.2) is 4.98 Å². The van der Waals surface area contributed by atoms with Crippen LogP contribution in [-0.4, -0.2) is 16.5 Å². The van der Waals surface area contributed by atoms with Crippen LogP contribution in [0.1, 0.15) is 38.1 Å². The van der Waals surface area contributed by atoms with E-state index in [1.54, 1.807) is 0 Å². The van der Waals surface area contributed by atoms with E-state index in [1.807, 2.05) is 32.0 Å². The van der Waals surface area contributed by atoms with Gasteiger partial charge in [0, 0.05) is 12.6 Å². The molecule has 1 aromatic carbocycles. The number of nitrogens with one attached hydrogen (secondary N) is 1. The molecule has 4 nitrogen and oxygen atoms in total. The van der Waals surface area contributed by atoms with Gasteiger partial charge in [0.15, 0.2) is 0 Å². The van der Waals surface area contributed by atoms with Crippen molar-refractivity contribution in [2.75, 3.05) is 11.9 Å². The lowest BCUT2D eigenvalue weighted by atomic mass is 10.0. The maximum atomic E-state index is 5.85. The molecule has 0 aliphatic carbocycles. The summed E-state index contributed by atoms with van der Waals surface area (Å²) in [6.07, 6.45) is 0. The fraction of sp³-hybridized carbons (Fsp3) is 0.375. The first-order valence-corrected chi connectivity index (χ1v) is 6.96. The van der Waals surface area contributed by atoms with E-state index < -0.39 is 0 Å². The fourth-order valence-corrected chi connectivity index (χ4v) is 1.92. The molecular formula is C16H21N3O. The Kier molecular flexibility index (Phi) is 4.56. The van der Waals surface area contributed by atoms with Crippen molar-refractivity contribution in [2.24, 2.45) is 0 Å². The predicted octanol–water partition coefficient (Wildman–Crippen LogP) is 4.13. The Labute approximate surface area is 120 Å². The molecule has 0 atom stereocenters. The molecule has 0 radical (unpaired) electrons. The molecule has 1 aromatic heterocycles. The van der Waals surface area contributed by atoms with Gasteiger partial charge in [0.2, 0.25) is 5.88 Å². The van der Waals surface area contributed by atoms with Crippen LogP contribution in [-0.2, 0) is 0 Å². The number of anilines is 1. The summed E-state index contributed by atoms with van der Waals surface area (Å²) in [7, 11) is 0. The van der Waals surface area contributed by atoms with Crippen LogP contribution in [0.4, 0.5) is 5.82 Å². The van der Waals surface area contributed by atoms with Crippen LogP contribution in [0.5, 0.6) is 11.6 Å². The van der Waals surface area contributed by atoms with Gasteiger partial charge in [0.05, 0.1) is 0 Å². The average molecular weight is 271 g/mol. The van der Waals surface area contributed by atoms with Gasteiger partial charge in [-0.3, -0.25) is 0 Å². The van der Waals surface area contributed by atoms with E-state index in [2.05, 4.69) is 41.3 Å². The highest BCUT2D eigenvalue weighted by atomic mass is 16.5. The normalized spacial score (nSPS) is 10.7. The van der Waals surface area contributed by atoms with Crippen molar-refractivity contribution in [3.63, 3.8) is 0 Å². The Morgan fingerprint density at radius 3 is 2.70 bits per heavy atom. The zero-order valence-electron chi connectivity index (χ0n) is 12.5. The highest BCUT2D eigenvalue weighted by molar-refractivity contribution is 5.40. The second-order valence-electron chi connectivity index (χ2n) is 5.00. The molecule has 1 heterocycles. The molecule has 0 saturated carbocycles. The van der Waals surface area contributed by atoms with Crippen molar-refractivity contribution in [3.8, 4) is 11.6 Å². The Morgan fingerprint density at radius 1 is 1.20 bits per heavy atom. The summed E-state index contributed by atoms with van der Waals surface area (Å²) in [5.74, 6) is 3.32. The van der Waals surface area contributed by atoms with Crippen molar-refractivity contribution in [3.05, 3.63) is 41.7 Å². The van der Waals surface area contributed by atoms with Gasteiger partial charge in [0.25, 0.3) is 0 Å². The highest BCUT2D eigenvalue weighted by Crippen LogP contribution is 2.25. The molecule has 2 aromatic rings. The molecule has 0 unspecified atom stereocenters. The number of ether oxygens (including phenoxy) is 1. The van der Waals surface area contributed by atoms with Crippen LogP contribution in [0.3, 0.4) is 0 Å². The predicted molar refractivity (Wildman–Crippen MR) is 81.5 cm³/mol. The van der Waals surface area contributed by atoms with E-state index in [0.717, 1.165) is 18.1 Å². The topological polar surface area (TPSA) is 47.0 Å². The van der Waals surface area contributed by atoms with Crippen LogP contribution in [0.25, 0.3) is 0 Å². The minimum absolute atomic E-state index is 0.475. The third kappa shape index (κ3) is 3.70. The number of benzene rings is 1. The van der Waals surface area contributed by atoms with E-state index in [1.165, 1.54) is 5.56 Å². The average Bonchev–Trinajstić information content (AvgIpc) is 2.38. The molecular weight excluding hydrogens is 250 g/mol. The Hall–Kier alpha value is -2.10. The van der Waals surface area contributed by atoms with Gasteiger partial charge in [-0.2, -0.15) is 4.98 Å². The maximum absolute atomic E-state index is 5.85. The molecule has 0 aliphatic rings. The molecule has 0 fully saturated rings. The molecule has 1 N–H and O–H groups in total. The Bertz CT molecular complexity index is 582. The van der Waals surface area contributed by atoms with Gasteiger partial charge in [0.1, 0.15) is 17.4 Å². The quantitative estimate of drug-likeness (QED) is 0.888. The summed E-state index contributed by atoms with van der Waals surface area (Å²) in [6.45, 7) is 9.04. The van der Waals surface area contributed by atoms with Gasteiger partial charge < -0.3 is 10.1 Å². The van der Waals surface area contributed by atoms with Crippen LogP contribution >= 0.6 is 0 Å². The van der Waals surface area contributed by atoms with E-state index in [9.17, 15) is 0 Å². The monoisotopic (exact) mass is 271 g/mol. The summed E-state index contributed by atoms with van der Waals surface area (Å²) in [6, 6.07) is 9.92. The zero-order chi connectivity index (χ0) is 14.5. The molecule has 2 rings (SSSR count). The third-order valence-electron chi connectivity index (χ3n) is 2.92. The molecule has 20 heavy (non-hydrogen) atoms. The summed E-state index contributed by atoms with van der Waals surface area (Å²) >= 11 is 0. The van der Waals surface area contributed by atoms with Crippen molar-refractivity contribution >= 4 is 5.82 Å². The van der Waals surface area contributed by atoms with E-state index >= 15 is 0 Å². The van der Waals surface area contributed by atoms with E-state index in [4.69, 9.17) is 4.74 Å². The summed E-state index contributed by atoms with van der Waals surface area (Å²) < 4.78 is 5.85. The molecule has 0 spiro atoms. The molecule has 0 saturated heterocycles. The number of hydrogen-bond acceptors (Lipinski definition) is 4. The smallest absolute Gasteiger partial charge is 0.224 e. The lowest BCUT2D eigenvalue weighted by Gasteiger charge is -2.10. The van der Waals surface area contributed by atoms with Crippen LogP contribution in [0.15, 0.2) is 30.3 Å². The Morgan fingerprint density at radius 2 is 2.00 bits per heavy atom. The minimum atomic E-state index is 0.475. The number of aryl methyl sites for hydroxylation is 1. The van der Waals surface area contributed by atoms with Gasteiger partial charge in [-0.15, -0.1) is 0 Å². The van der Waals surface area contributed by atoms with E-state index in [-0.39, 0.29) is 0 Å². The number of aromatic nitrogens is 2. The van der Waals surface area contributed by atoms with Gasteiger partial charge in [-0.1, -0.05) is 26.0 Å². The van der Waals surface area contributed by atoms with Crippen molar-refractivity contribution in [1.29, 1.82) is 0 Å². The lowest BCUT2D eigenvalue weighted by Crippen LogP contribution is -2.02. The summed E-state index contributed by atoms with van der Waals surface area (Å²) in [5, 5.41) is 3.17. The van der Waals surface area contributed by atoms with Crippen molar-refractivity contribution in [2.45, 2.75) is 33.6 Å². The Balaban J connectivity index is 2.23. The summed E-state index contributed by atoms with van der Waals surface area (Å²) in [4.78, 5) is 8.62. The van der Waals surface area contributed by atoms with Crippen molar-refractivity contribution in [1.82, 2.24) is 9.97 Å². The molecule has 0 amide bonds. The van der Waals surface area contributed by atoms with Crippen molar-refractivity contribution < 1.29 is 4.74 Å². The molecule has 0 bridgehead atoms. The summed E-state index contributed by atoms with van der Waals surface area (Å²) in [5.41, 5.74) is 1.25. The molecule has 0 aliphatic heterocycles. The maximum Gasteiger partial charge on any atom is 0.224 e. The number of rotatable bonds is 5. The van der Waals surface area contributed by atoms with Crippen LogP contribution in [0, 0.1) is 6.92 Å². The first kappa shape index (κ1) is 14.3. The third-order valence-corrected chi connectivity index (χ3v) is 2.92. The first-order chi connectivity index (χ1) is 9.58. The number of nitrogens with zero attached hydrogens (tertiary/aromatic N) is 2. The minimum Gasteiger partial charge on any atom is -0.439 e. The second kappa shape index (κ2) is 6.37. The standard InChI is InChI=1S/C16H21N3O/c1-5-17-15-10-16(19-12(4)18-15)20-14-8-6-7-13(9-14)11(2)3/h6-11H,5H2,1-4H3,(H,17,18,19). The van der Waals surface area contributed by atoms with Gasteiger partial charge >= 0.3 is 0 Å². The van der Waals surface area contributed by atoms with Gasteiger partial charge in [-0.05, 0) is 37.5 Å². The lowest BCUT2D eigenvalue weighted by molar-refractivity contribution is 0.459. The van der Waals surface area contributed by atoms with Crippen LogP contribution in [0.2, 0.25) is 0 Å². The largest absolute Gasteiger partial charge is 0.439 e. The second-order valence-corrected chi connectivity index (χ2v) is 5.00. The fourth-order valence-electron chi connectivity index (χ4n) is 1.92. The highest BCUT2D eigenvalue weighted by Gasteiger charge is 2.05. The SMILES string of the molecule is CCNc1cc(Oc2cccc(C(C)C)c2)nc(C)n1. The zero-order valence-corrected chi connectivity index (χ0v) is 12.5. The molecule has 106 valence electrons. The molecule has 4 heteroatoms.